The molecule has 0 unspecified atom stereocenters. The number of likely N-dealkylation sites (tertiary alicyclic amines) is 1. The van der Waals surface area contributed by atoms with E-state index in [1.165, 1.54) is 5.56 Å². The second-order valence-electron chi connectivity index (χ2n) is 10.1. The van der Waals surface area contributed by atoms with Crippen LogP contribution in [-0.2, 0) is 6.42 Å². The van der Waals surface area contributed by atoms with Gasteiger partial charge in [-0.2, -0.15) is 5.26 Å². The largest absolute Gasteiger partial charge is 0.491 e. The Labute approximate surface area is 211 Å². The van der Waals surface area contributed by atoms with Crippen LogP contribution in [0.4, 0.5) is 0 Å². The summed E-state index contributed by atoms with van der Waals surface area (Å²) in [7, 11) is 3.78. The van der Waals surface area contributed by atoms with Gasteiger partial charge in [-0.3, -0.25) is 0 Å². The fourth-order valence-corrected chi connectivity index (χ4v) is 5.18. The number of hydrogen-bond acceptors (Lipinski definition) is 6. The van der Waals surface area contributed by atoms with Crippen LogP contribution >= 0.6 is 0 Å². The lowest BCUT2D eigenvalue weighted by atomic mass is 9.88. The summed E-state index contributed by atoms with van der Waals surface area (Å²) < 4.78 is 12.1. The van der Waals surface area contributed by atoms with Gasteiger partial charge in [0.25, 0.3) is 0 Å². The number of nitrogens with one attached hydrogen (secondary N) is 2. The highest BCUT2D eigenvalue weighted by Crippen LogP contribution is 2.41. The normalized spacial score (nSPS) is 15.1. The summed E-state index contributed by atoms with van der Waals surface area (Å²) in [5.41, 5.74) is 5.98. The van der Waals surface area contributed by atoms with Crippen LogP contribution in [0.15, 0.2) is 18.3 Å². The van der Waals surface area contributed by atoms with Crippen LogP contribution in [0.25, 0.3) is 33.3 Å². The third kappa shape index (κ3) is 4.18. The average Bonchev–Trinajstić information content (AvgIpc) is 3.48. The number of nitriles is 1. The zero-order valence-corrected chi connectivity index (χ0v) is 21.7. The number of hydrogen-bond donors (Lipinski definition) is 2. The predicted octanol–water partition coefficient (Wildman–Crippen LogP) is 5.39. The Balaban J connectivity index is 1.69. The van der Waals surface area contributed by atoms with Crippen LogP contribution in [0, 0.1) is 17.2 Å². The number of nitrogens with zero attached hydrogens (tertiary/aromatic N) is 4. The number of pyridine rings is 1. The van der Waals surface area contributed by atoms with E-state index in [9.17, 15) is 5.26 Å². The zero-order valence-electron chi connectivity index (χ0n) is 21.7. The Bertz CT molecular complexity index is 1440. The maximum Gasteiger partial charge on any atom is 0.226 e. The number of ether oxygens (including phenoxy) is 2. The molecule has 188 valence electrons. The molecule has 1 aromatic carbocycles. The Morgan fingerprint density at radius 2 is 2.00 bits per heavy atom. The van der Waals surface area contributed by atoms with Crippen molar-refractivity contribution in [3.05, 3.63) is 35.2 Å². The van der Waals surface area contributed by atoms with Gasteiger partial charge in [0.05, 0.1) is 30.3 Å². The zero-order chi connectivity index (χ0) is 25.4. The van der Waals surface area contributed by atoms with E-state index in [2.05, 4.69) is 58.9 Å². The van der Waals surface area contributed by atoms with Crippen molar-refractivity contribution >= 4 is 21.9 Å². The summed E-state index contributed by atoms with van der Waals surface area (Å²) >= 11 is 0. The molecule has 1 fully saturated rings. The smallest absolute Gasteiger partial charge is 0.226 e. The van der Waals surface area contributed by atoms with Crippen molar-refractivity contribution in [3.63, 3.8) is 0 Å². The van der Waals surface area contributed by atoms with Crippen LogP contribution in [-0.4, -0.2) is 58.7 Å². The fourth-order valence-electron chi connectivity index (χ4n) is 5.18. The Morgan fingerprint density at radius 3 is 2.67 bits per heavy atom. The topological polar surface area (TPSA) is 103 Å². The highest BCUT2D eigenvalue weighted by molar-refractivity contribution is 6.00. The van der Waals surface area contributed by atoms with E-state index in [-0.39, 0.29) is 0 Å². The molecule has 36 heavy (non-hydrogen) atoms. The lowest BCUT2D eigenvalue weighted by molar-refractivity contribution is 0.243. The maximum atomic E-state index is 9.78. The highest BCUT2D eigenvalue weighted by atomic mass is 16.5. The lowest BCUT2D eigenvalue weighted by Gasteiger charge is -2.30. The van der Waals surface area contributed by atoms with E-state index in [0.717, 1.165) is 64.9 Å². The number of fused-ring (bicyclic) bond motifs is 2. The molecule has 8 nitrogen and oxygen atoms in total. The van der Waals surface area contributed by atoms with E-state index in [1.54, 1.807) is 13.3 Å². The van der Waals surface area contributed by atoms with Crippen LogP contribution < -0.4 is 9.47 Å². The van der Waals surface area contributed by atoms with Crippen molar-refractivity contribution in [2.75, 3.05) is 33.9 Å². The van der Waals surface area contributed by atoms with Gasteiger partial charge in [-0.05, 0) is 62.9 Å². The fraction of sp³-hybridized carbons (Fsp3) is 0.464. The molecule has 0 bridgehead atoms. The van der Waals surface area contributed by atoms with Gasteiger partial charge in [0.1, 0.15) is 23.0 Å². The quantitative estimate of drug-likeness (QED) is 0.363. The standard InChI is InChI=1S/C28H34N6O2/c1-6-21-19(13-29)20-14-30-28(35-5)23(24(20)31-21)27-32-22-8-7-18(17-9-11-34(4)12-10-17)26(25(22)33-27)36-15-16(2)3/h7-8,14,16-17,31H,6,9-12,15H2,1-5H3,(H,32,33). The average molecular weight is 487 g/mol. The summed E-state index contributed by atoms with van der Waals surface area (Å²) in [6.45, 7) is 9.13. The number of aromatic amines is 2. The van der Waals surface area contributed by atoms with E-state index < -0.39 is 0 Å². The van der Waals surface area contributed by atoms with Gasteiger partial charge in [-0.25, -0.2) is 9.97 Å². The Hall–Kier alpha value is -3.57. The predicted molar refractivity (Wildman–Crippen MR) is 142 cm³/mol. The molecule has 0 aliphatic carbocycles. The van der Waals surface area contributed by atoms with Crippen molar-refractivity contribution in [1.82, 2.24) is 24.8 Å². The number of methoxy groups -OCH3 is 1. The van der Waals surface area contributed by atoms with Gasteiger partial charge in [0, 0.05) is 17.3 Å². The van der Waals surface area contributed by atoms with Gasteiger partial charge in [0.15, 0.2) is 5.75 Å². The first kappa shape index (κ1) is 24.1. The lowest BCUT2D eigenvalue weighted by Crippen LogP contribution is -2.29. The van der Waals surface area contributed by atoms with Gasteiger partial charge < -0.3 is 24.3 Å². The van der Waals surface area contributed by atoms with Crippen molar-refractivity contribution < 1.29 is 9.47 Å². The SMILES string of the molecule is CCc1[nH]c2c(-c3nc4c(OCC(C)C)c(C5CCN(C)CC5)ccc4[nH]3)c(OC)ncc2c1C#N. The number of imidazole rings is 1. The number of piperidine rings is 1. The second kappa shape index (κ2) is 9.82. The number of aromatic nitrogens is 4. The third-order valence-corrected chi connectivity index (χ3v) is 7.14. The first-order valence-electron chi connectivity index (χ1n) is 12.8. The summed E-state index contributed by atoms with van der Waals surface area (Å²) in [5.74, 6) is 2.81. The molecule has 0 atom stereocenters. The molecule has 1 aliphatic heterocycles. The third-order valence-electron chi connectivity index (χ3n) is 7.14. The van der Waals surface area contributed by atoms with Crippen LogP contribution in [0.3, 0.4) is 0 Å². The summed E-state index contributed by atoms with van der Waals surface area (Å²) in [5, 5.41) is 10.5. The summed E-state index contributed by atoms with van der Waals surface area (Å²) in [6.07, 6.45) is 4.62. The molecule has 0 amide bonds. The Morgan fingerprint density at radius 1 is 1.22 bits per heavy atom. The molecule has 5 rings (SSSR count). The molecule has 4 heterocycles. The molecular formula is C28H34N6O2. The van der Waals surface area contributed by atoms with Crippen LogP contribution in [0.5, 0.6) is 11.6 Å². The molecule has 1 aliphatic rings. The molecule has 0 spiro atoms. The van der Waals surface area contributed by atoms with Crippen molar-refractivity contribution in [2.24, 2.45) is 5.92 Å². The molecule has 3 aromatic heterocycles. The van der Waals surface area contributed by atoms with E-state index >= 15 is 0 Å². The molecule has 4 aromatic rings. The van der Waals surface area contributed by atoms with Gasteiger partial charge in [-0.1, -0.05) is 26.8 Å². The minimum atomic E-state index is 0.401. The van der Waals surface area contributed by atoms with Gasteiger partial charge >= 0.3 is 0 Å². The summed E-state index contributed by atoms with van der Waals surface area (Å²) in [4.78, 5) is 18.9. The molecule has 8 heteroatoms. The van der Waals surface area contributed by atoms with E-state index in [0.29, 0.717) is 42.1 Å². The molecule has 2 N–H and O–H groups in total. The summed E-state index contributed by atoms with van der Waals surface area (Å²) in [6, 6.07) is 6.63. The molecule has 0 radical (unpaired) electrons. The van der Waals surface area contributed by atoms with Crippen molar-refractivity contribution in [3.8, 4) is 29.1 Å². The second-order valence-corrected chi connectivity index (χ2v) is 10.1. The molecule has 0 saturated carbocycles. The Kier molecular flexibility index (Phi) is 6.59. The first-order valence-corrected chi connectivity index (χ1v) is 12.8. The minimum absolute atomic E-state index is 0.401. The first-order chi connectivity index (χ1) is 17.4. The minimum Gasteiger partial charge on any atom is -0.491 e. The van der Waals surface area contributed by atoms with Crippen molar-refractivity contribution in [1.29, 1.82) is 5.26 Å². The van der Waals surface area contributed by atoms with Gasteiger partial charge in [-0.15, -0.1) is 0 Å². The van der Waals surface area contributed by atoms with E-state index in [1.807, 2.05) is 6.92 Å². The highest BCUT2D eigenvalue weighted by Gasteiger charge is 2.26. The molecule has 1 saturated heterocycles. The van der Waals surface area contributed by atoms with E-state index in [4.69, 9.17) is 14.5 Å². The monoisotopic (exact) mass is 486 g/mol. The van der Waals surface area contributed by atoms with Crippen molar-refractivity contribution in [2.45, 2.75) is 46.0 Å². The molecular weight excluding hydrogens is 452 g/mol. The maximum absolute atomic E-state index is 9.78. The van der Waals surface area contributed by atoms with Crippen LogP contribution in [0.1, 0.15) is 56.4 Å². The number of aryl methyl sites for hydroxylation is 1. The van der Waals surface area contributed by atoms with Gasteiger partial charge in [0.2, 0.25) is 5.88 Å². The number of H-pyrrole nitrogens is 2. The van der Waals surface area contributed by atoms with Crippen LogP contribution in [0.2, 0.25) is 0 Å². The number of rotatable bonds is 7. The number of benzene rings is 1.